The molecular formula is C64H65O16P3. The van der Waals surface area contributed by atoms with Crippen LogP contribution < -0.4 is 0 Å². The molecule has 1 aliphatic carbocycles. The molecule has 0 amide bonds. The van der Waals surface area contributed by atoms with Crippen LogP contribution in [0.2, 0.25) is 0 Å². The first-order valence-corrected chi connectivity index (χ1v) is 31.3. The molecule has 0 aromatic heterocycles. The van der Waals surface area contributed by atoms with Gasteiger partial charge in [0.05, 0.1) is 52.9 Å². The fourth-order valence-electron chi connectivity index (χ4n) is 8.83. The zero-order chi connectivity index (χ0) is 57.6. The first kappa shape index (κ1) is 61.1. The minimum atomic E-state index is -5.05. The molecular weight excluding hydrogens is 1120 g/mol. The SMILES string of the molecule is CC(=O)OC1[C@H](OCc2ccccc2)[C@H](OP(=O)(OCc2ccccc2)OCc2ccccc2)C(OP(=O)(OCc2ccccc2)OCc2ccccc2)[C@H](OP(=O)(OCc2ccccc2)OCc2ccccc2)[C@H]1OCc1ccccc1. The minimum Gasteiger partial charge on any atom is -0.457 e. The van der Waals surface area contributed by atoms with E-state index < -0.39 is 66.1 Å². The van der Waals surface area contributed by atoms with Crippen LogP contribution in [0.25, 0.3) is 0 Å². The van der Waals surface area contributed by atoms with Gasteiger partial charge in [-0.1, -0.05) is 243 Å². The van der Waals surface area contributed by atoms with Crippen LogP contribution >= 0.6 is 23.5 Å². The van der Waals surface area contributed by atoms with E-state index in [1.54, 1.807) is 146 Å². The maximum atomic E-state index is 16.1. The summed E-state index contributed by atoms with van der Waals surface area (Å²) in [7, 11) is -15.1. The van der Waals surface area contributed by atoms with Gasteiger partial charge >= 0.3 is 29.4 Å². The van der Waals surface area contributed by atoms with E-state index in [-0.39, 0.29) is 52.9 Å². The van der Waals surface area contributed by atoms with E-state index in [9.17, 15) is 4.79 Å². The summed E-state index contributed by atoms with van der Waals surface area (Å²) in [4.78, 5) is 13.8. The molecule has 83 heavy (non-hydrogen) atoms. The Morgan fingerprint density at radius 2 is 0.458 bits per heavy atom. The number of benzene rings is 8. The van der Waals surface area contributed by atoms with Crippen molar-refractivity contribution < 1.29 is 73.4 Å². The Hall–Kier alpha value is -6.52. The van der Waals surface area contributed by atoms with Gasteiger partial charge in [0.25, 0.3) is 0 Å². The van der Waals surface area contributed by atoms with Gasteiger partial charge in [0, 0.05) is 6.92 Å². The smallest absolute Gasteiger partial charge is 0.457 e. The Balaban J connectivity index is 1.24. The number of phosphoric ester groups is 3. The van der Waals surface area contributed by atoms with Crippen LogP contribution in [-0.2, 0) is 126 Å². The van der Waals surface area contributed by atoms with Gasteiger partial charge in [-0.05, 0) is 44.5 Å². The zero-order valence-corrected chi connectivity index (χ0v) is 48.3. The largest absolute Gasteiger partial charge is 0.475 e. The second-order valence-corrected chi connectivity index (χ2v) is 24.1. The highest BCUT2D eigenvalue weighted by Crippen LogP contribution is 2.61. The summed E-state index contributed by atoms with van der Waals surface area (Å²) in [6, 6.07) is 71.7. The van der Waals surface area contributed by atoms with Gasteiger partial charge in [-0.25, -0.2) is 13.7 Å². The first-order chi connectivity index (χ1) is 40.5. The average molecular weight is 1180 g/mol. The second-order valence-electron chi connectivity index (χ2n) is 19.2. The van der Waals surface area contributed by atoms with Crippen molar-refractivity contribution in [1.29, 1.82) is 0 Å². The Labute approximate surface area is 484 Å². The van der Waals surface area contributed by atoms with Crippen LogP contribution in [0.15, 0.2) is 243 Å². The summed E-state index contributed by atoms with van der Waals surface area (Å²) < 4.78 is 127. The lowest BCUT2D eigenvalue weighted by molar-refractivity contribution is -0.250. The van der Waals surface area contributed by atoms with Crippen molar-refractivity contribution in [2.24, 2.45) is 0 Å². The lowest BCUT2D eigenvalue weighted by Crippen LogP contribution is -2.67. The number of hydrogen-bond donors (Lipinski definition) is 0. The maximum Gasteiger partial charge on any atom is 0.475 e. The third-order valence-electron chi connectivity index (χ3n) is 13.0. The molecule has 0 heterocycles. The summed E-state index contributed by atoms with van der Waals surface area (Å²) >= 11 is 0. The molecule has 1 saturated carbocycles. The Bertz CT molecular complexity index is 3020. The van der Waals surface area contributed by atoms with E-state index in [0.717, 1.165) is 0 Å². The zero-order valence-electron chi connectivity index (χ0n) is 45.6. The quantitative estimate of drug-likeness (QED) is 0.0296. The molecule has 0 bridgehead atoms. The minimum absolute atomic E-state index is 0.182. The second kappa shape index (κ2) is 30.9. The number of esters is 1. The van der Waals surface area contributed by atoms with Crippen molar-refractivity contribution in [2.45, 2.75) is 96.4 Å². The van der Waals surface area contributed by atoms with Crippen LogP contribution in [-0.4, -0.2) is 42.6 Å². The highest BCUT2D eigenvalue weighted by Gasteiger charge is 2.61. The molecule has 1 fully saturated rings. The molecule has 0 spiro atoms. The summed E-state index contributed by atoms with van der Waals surface area (Å²) in [5.41, 5.74) is 4.89. The van der Waals surface area contributed by atoms with Gasteiger partial charge in [0.2, 0.25) is 0 Å². The molecule has 2 unspecified atom stereocenters. The molecule has 432 valence electrons. The van der Waals surface area contributed by atoms with E-state index in [0.29, 0.717) is 44.5 Å². The standard InChI is InChI=1S/C64H65O16P3/c1-50(65)77-61-59(69-42-51-26-10-2-11-27-51)62(78-81(66,71-44-53-30-14-4-15-31-53)72-45-54-32-16-5-17-33-54)64(80-83(68,75-48-57-38-22-8-23-39-57)76-49-58-40-24-9-25-41-58)63(60(61)70-43-52-28-12-3-13-29-52)79-82(67,73-46-55-34-18-6-19-35-55)74-47-56-36-20-7-21-37-56/h2-41,59-64H,42-49H2,1H3/t59-,60-,61?,62-,63+,64?/m0/s1. The Morgan fingerprint density at radius 1 is 0.277 bits per heavy atom. The van der Waals surface area contributed by atoms with Crippen molar-refractivity contribution in [3.8, 4) is 0 Å². The maximum absolute atomic E-state index is 16.1. The van der Waals surface area contributed by atoms with Gasteiger partial charge in [-0.2, -0.15) is 0 Å². The number of rotatable bonds is 31. The molecule has 16 nitrogen and oxygen atoms in total. The summed E-state index contributed by atoms with van der Waals surface area (Å²) in [5.74, 6) is -0.816. The predicted molar refractivity (Wildman–Crippen MR) is 310 cm³/mol. The molecule has 0 radical (unpaired) electrons. The molecule has 8 aromatic carbocycles. The van der Waals surface area contributed by atoms with Crippen molar-refractivity contribution in [1.82, 2.24) is 0 Å². The Kier molecular flexibility index (Phi) is 22.7. The average Bonchev–Trinajstić information content (AvgIpc) is 2.98. The highest BCUT2D eigenvalue weighted by atomic mass is 31.2. The molecule has 6 atom stereocenters. The first-order valence-electron chi connectivity index (χ1n) is 26.9. The van der Waals surface area contributed by atoms with Gasteiger partial charge in [-0.15, -0.1) is 0 Å². The van der Waals surface area contributed by atoms with E-state index in [2.05, 4.69) is 0 Å². The molecule has 0 N–H and O–H groups in total. The number of carbonyl (C=O) groups excluding carboxylic acids is 1. The third kappa shape index (κ3) is 19.0. The van der Waals surface area contributed by atoms with Crippen molar-refractivity contribution in [2.75, 3.05) is 0 Å². The van der Waals surface area contributed by atoms with E-state index >= 15 is 13.7 Å². The van der Waals surface area contributed by atoms with Gasteiger partial charge in [-0.3, -0.25) is 45.5 Å². The fraction of sp³-hybridized carbons (Fsp3) is 0.234. The monoisotopic (exact) mass is 1180 g/mol. The number of carbonyl (C=O) groups is 1. The van der Waals surface area contributed by atoms with Gasteiger partial charge < -0.3 is 14.2 Å². The van der Waals surface area contributed by atoms with Crippen LogP contribution in [0.1, 0.15) is 51.4 Å². The molecule has 1 aliphatic rings. The van der Waals surface area contributed by atoms with Crippen LogP contribution in [0.3, 0.4) is 0 Å². The molecule has 0 saturated heterocycles. The summed E-state index contributed by atoms with van der Waals surface area (Å²) in [6.45, 7) is -1.00. The van der Waals surface area contributed by atoms with Crippen LogP contribution in [0, 0.1) is 0 Å². The van der Waals surface area contributed by atoms with Crippen LogP contribution in [0.4, 0.5) is 0 Å². The summed E-state index contributed by atoms with van der Waals surface area (Å²) in [5, 5.41) is 0. The topological polar surface area (TPSA) is 179 Å². The lowest BCUT2D eigenvalue weighted by atomic mass is 9.84. The molecule has 0 aliphatic heterocycles. The van der Waals surface area contributed by atoms with Crippen molar-refractivity contribution in [3.05, 3.63) is 287 Å². The normalized spacial score (nSPS) is 18.3. The van der Waals surface area contributed by atoms with E-state index in [4.69, 9.17) is 54.9 Å². The summed E-state index contributed by atoms with van der Waals surface area (Å²) in [6.07, 6.45) is -10.7. The number of hydrogen-bond acceptors (Lipinski definition) is 16. The number of phosphoric acid groups is 3. The van der Waals surface area contributed by atoms with E-state index in [1.807, 2.05) is 97.1 Å². The molecule has 19 heteroatoms. The van der Waals surface area contributed by atoms with Crippen molar-refractivity contribution in [3.63, 3.8) is 0 Å². The van der Waals surface area contributed by atoms with E-state index in [1.165, 1.54) is 6.92 Å². The lowest BCUT2D eigenvalue weighted by Gasteiger charge is -2.49. The van der Waals surface area contributed by atoms with Crippen LogP contribution in [0.5, 0.6) is 0 Å². The highest BCUT2D eigenvalue weighted by molar-refractivity contribution is 7.49. The number of ether oxygens (including phenoxy) is 3. The fourth-order valence-corrected chi connectivity index (χ4v) is 12.9. The Morgan fingerprint density at radius 3 is 0.651 bits per heavy atom. The van der Waals surface area contributed by atoms with Crippen molar-refractivity contribution >= 4 is 29.4 Å². The third-order valence-corrected chi connectivity index (χ3v) is 17.1. The molecule has 8 aromatic rings. The van der Waals surface area contributed by atoms with Gasteiger partial charge in [0.1, 0.15) is 30.5 Å². The molecule has 9 rings (SSSR count). The van der Waals surface area contributed by atoms with Gasteiger partial charge in [0.15, 0.2) is 6.10 Å². The predicted octanol–water partition coefficient (Wildman–Crippen LogP) is 14.9.